The fourth-order valence-electron chi connectivity index (χ4n) is 3.67. The van der Waals surface area contributed by atoms with Crippen molar-refractivity contribution in [2.75, 3.05) is 26.4 Å². The van der Waals surface area contributed by atoms with Crippen LogP contribution in [0.3, 0.4) is 0 Å². The molecule has 0 saturated heterocycles. The van der Waals surface area contributed by atoms with Gasteiger partial charge in [-0.25, -0.2) is 0 Å². The van der Waals surface area contributed by atoms with Gasteiger partial charge in [-0.15, -0.1) is 0 Å². The van der Waals surface area contributed by atoms with Crippen LogP contribution in [-0.2, 0) is 0 Å². The minimum atomic E-state index is 0.0664. The first-order valence-electron chi connectivity index (χ1n) is 12.4. The van der Waals surface area contributed by atoms with Crippen LogP contribution in [0.25, 0.3) is 11.1 Å². The summed E-state index contributed by atoms with van der Waals surface area (Å²) in [7, 11) is 0. The van der Waals surface area contributed by atoms with Gasteiger partial charge in [-0.05, 0) is 54.7 Å². The van der Waals surface area contributed by atoms with E-state index in [1.807, 2.05) is 24.3 Å². The molecule has 0 heterocycles. The predicted octanol–water partition coefficient (Wildman–Crippen LogP) is 6.63. The van der Waals surface area contributed by atoms with Crippen LogP contribution in [0.1, 0.15) is 71.1 Å². The van der Waals surface area contributed by atoms with Crippen LogP contribution in [-0.4, -0.2) is 36.6 Å². The highest BCUT2D eigenvalue weighted by atomic mass is 16.5. The molecule has 32 heavy (non-hydrogen) atoms. The van der Waals surface area contributed by atoms with Crippen LogP contribution in [0, 0.1) is 5.92 Å². The average Bonchev–Trinajstić information content (AvgIpc) is 2.84. The lowest BCUT2D eigenvalue weighted by molar-refractivity contribution is 0.141. The number of rotatable bonds is 18. The second-order valence-electron chi connectivity index (χ2n) is 8.59. The van der Waals surface area contributed by atoms with E-state index in [0.717, 1.165) is 56.8 Å². The first-order chi connectivity index (χ1) is 15.8. The van der Waals surface area contributed by atoms with E-state index in [-0.39, 0.29) is 19.1 Å². The molecule has 0 atom stereocenters. The van der Waals surface area contributed by atoms with Gasteiger partial charge in [0.1, 0.15) is 11.5 Å². The fraction of sp³-hybridized carbons (Fsp3) is 0.571. The first-order valence-corrected chi connectivity index (χ1v) is 12.4. The van der Waals surface area contributed by atoms with Gasteiger partial charge in [-0.1, -0.05) is 76.1 Å². The van der Waals surface area contributed by atoms with Crippen molar-refractivity contribution in [2.24, 2.45) is 5.92 Å². The largest absolute Gasteiger partial charge is 0.494 e. The second-order valence-corrected chi connectivity index (χ2v) is 8.59. The van der Waals surface area contributed by atoms with Gasteiger partial charge < -0.3 is 19.7 Å². The quantitative estimate of drug-likeness (QED) is 0.254. The monoisotopic (exact) mass is 442 g/mol. The van der Waals surface area contributed by atoms with Gasteiger partial charge in [0.05, 0.1) is 13.2 Å². The van der Waals surface area contributed by atoms with Crippen molar-refractivity contribution in [1.29, 1.82) is 0 Å². The molecule has 2 aromatic rings. The van der Waals surface area contributed by atoms with Crippen molar-refractivity contribution in [2.45, 2.75) is 71.1 Å². The van der Waals surface area contributed by atoms with Crippen LogP contribution in [0.4, 0.5) is 0 Å². The van der Waals surface area contributed by atoms with Gasteiger partial charge in [0.15, 0.2) is 0 Å². The van der Waals surface area contributed by atoms with E-state index in [9.17, 15) is 0 Å². The number of ether oxygens (including phenoxy) is 2. The van der Waals surface area contributed by atoms with Gasteiger partial charge in [-0.2, -0.15) is 0 Å². The van der Waals surface area contributed by atoms with Crippen molar-refractivity contribution in [3.05, 3.63) is 48.5 Å². The Morgan fingerprint density at radius 2 is 1.03 bits per heavy atom. The second kappa shape index (κ2) is 16.6. The fourth-order valence-corrected chi connectivity index (χ4v) is 3.67. The number of aliphatic hydroxyl groups is 2. The molecule has 2 aromatic carbocycles. The summed E-state index contributed by atoms with van der Waals surface area (Å²) in [6.07, 6.45) is 11.4. The third-order valence-electron chi connectivity index (χ3n) is 5.85. The first kappa shape index (κ1) is 26.2. The van der Waals surface area contributed by atoms with E-state index in [1.165, 1.54) is 43.2 Å². The Morgan fingerprint density at radius 3 is 1.50 bits per heavy atom. The molecule has 2 rings (SSSR count). The third kappa shape index (κ3) is 10.5. The summed E-state index contributed by atoms with van der Waals surface area (Å²) in [6, 6.07) is 16.6. The Morgan fingerprint density at radius 1 is 0.594 bits per heavy atom. The maximum Gasteiger partial charge on any atom is 0.119 e. The van der Waals surface area contributed by atoms with Gasteiger partial charge in [0.2, 0.25) is 0 Å². The molecule has 0 spiro atoms. The zero-order chi connectivity index (χ0) is 22.9. The molecular formula is C28H42O4. The van der Waals surface area contributed by atoms with Crippen molar-refractivity contribution in [3.8, 4) is 22.6 Å². The Bertz CT molecular complexity index is 692. The molecule has 0 aliphatic heterocycles. The molecular weight excluding hydrogens is 400 g/mol. The molecule has 0 aliphatic carbocycles. The molecule has 0 saturated carbocycles. The van der Waals surface area contributed by atoms with Crippen LogP contribution >= 0.6 is 0 Å². The van der Waals surface area contributed by atoms with E-state index < -0.39 is 0 Å². The summed E-state index contributed by atoms with van der Waals surface area (Å²) in [5, 5.41) is 18.1. The summed E-state index contributed by atoms with van der Waals surface area (Å²) in [5.74, 6) is 1.92. The van der Waals surface area contributed by atoms with Crippen molar-refractivity contribution in [1.82, 2.24) is 0 Å². The van der Waals surface area contributed by atoms with Gasteiger partial charge in [0.25, 0.3) is 0 Å². The summed E-state index contributed by atoms with van der Waals surface area (Å²) in [4.78, 5) is 0. The number of unbranched alkanes of at least 4 members (excludes halogenated alkanes) is 7. The van der Waals surface area contributed by atoms with Crippen LogP contribution < -0.4 is 9.47 Å². The number of hydrogen-bond acceptors (Lipinski definition) is 4. The van der Waals surface area contributed by atoms with E-state index in [4.69, 9.17) is 19.7 Å². The van der Waals surface area contributed by atoms with E-state index >= 15 is 0 Å². The SMILES string of the molecule is CCCCOc1ccc(-c2ccc(OCCCCCCCCCC(CO)CO)cc2)cc1. The molecule has 178 valence electrons. The number of aliphatic hydroxyl groups excluding tert-OH is 2. The number of hydrogen-bond donors (Lipinski definition) is 2. The Hall–Kier alpha value is -2.04. The highest BCUT2D eigenvalue weighted by molar-refractivity contribution is 5.64. The molecule has 2 N–H and O–H groups in total. The van der Waals surface area contributed by atoms with Crippen molar-refractivity contribution in [3.63, 3.8) is 0 Å². The lowest BCUT2D eigenvalue weighted by Crippen LogP contribution is -2.10. The number of benzene rings is 2. The Labute approximate surface area is 194 Å². The van der Waals surface area contributed by atoms with Gasteiger partial charge in [0, 0.05) is 19.1 Å². The maximum atomic E-state index is 9.06. The Balaban J connectivity index is 1.55. The summed E-state index contributed by atoms with van der Waals surface area (Å²) >= 11 is 0. The summed E-state index contributed by atoms with van der Waals surface area (Å²) < 4.78 is 11.6. The van der Waals surface area contributed by atoms with Crippen molar-refractivity contribution < 1.29 is 19.7 Å². The smallest absolute Gasteiger partial charge is 0.119 e. The molecule has 4 nitrogen and oxygen atoms in total. The minimum Gasteiger partial charge on any atom is -0.494 e. The molecule has 4 heteroatoms. The summed E-state index contributed by atoms with van der Waals surface area (Å²) in [5.41, 5.74) is 2.37. The lowest BCUT2D eigenvalue weighted by Gasteiger charge is -2.10. The zero-order valence-electron chi connectivity index (χ0n) is 19.8. The molecule has 0 fully saturated rings. The van der Waals surface area contributed by atoms with E-state index in [0.29, 0.717) is 0 Å². The zero-order valence-corrected chi connectivity index (χ0v) is 19.8. The average molecular weight is 443 g/mol. The normalized spacial score (nSPS) is 11.1. The molecule has 0 aromatic heterocycles. The molecule has 0 amide bonds. The van der Waals surface area contributed by atoms with Crippen LogP contribution in [0.15, 0.2) is 48.5 Å². The third-order valence-corrected chi connectivity index (χ3v) is 5.85. The minimum absolute atomic E-state index is 0.0664. The van der Waals surface area contributed by atoms with Crippen molar-refractivity contribution >= 4 is 0 Å². The highest BCUT2D eigenvalue weighted by Gasteiger charge is 2.04. The molecule has 0 unspecified atom stereocenters. The van der Waals surface area contributed by atoms with E-state index in [2.05, 4.69) is 31.2 Å². The maximum absolute atomic E-state index is 9.06. The predicted molar refractivity (Wildman–Crippen MR) is 132 cm³/mol. The summed E-state index contributed by atoms with van der Waals surface area (Å²) in [6.45, 7) is 3.90. The molecule has 0 radical (unpaired) electrons. The Kier molecular flexibility index (Phi) is 13.6. The lowest BCUT2D eigenvalue weighted by atomic mass is 10.0. The topological polar surface area (TPSA) is 58.9 Å². The molecule has 0 bridgehead atoms. The van der Waals surface area contributed by atoms with Gasteiger partial charge >= 0.3 is 0 Å². The van der Waals surface area contributed by atoms with Gasteiger partial charge in [-0.3, -0.25) is 0 Å². The van der Waals surface area contributed by atoms with Crippen LogP contribution in [0.2, 0.25) is 0 Å². The van der Waals surface area contributed by atoms with Crippen LogP contribution in [0.5, 0.6) is 11.5 Å². The standard InChI is InChI=1S/C28H42O4/c1-2-3-20-31-27-16-12-25(13-17-27)26-14-18-28(19-15-26)32-21-10-8-6-4-5-7-9-11-24(22-29)23-30/h12-19,24,29-30H,2-11,20-23H2,1H3. The molecule has 0 aliphatic rings. The highest BCUT2D eigenvalue weighted by Crippen LogP contribution is 2.25. The van der Waals surface area contributed by atoms with E-state index in [1.54, 1.807) is 0 Å².